The number of nitrogens with one attached hydrogen (secondary N) is 3. The van der Waals surface area contributed by atoms with Gasteiger partial charge in [-0.25, -0.2) is 0 Å². The second-order valence-corrected chi connectivity index (χ2v) is 6.81. The average molecular weight is 380 g/mol. The molecule has 0 radical (unpaired) electrons. The third-order valence-corrected chi connectivity index (χ3v) is 4.87. The Morgan fingerprint density at radius 2 is 1.86 bits per heavy atom. The number of hydrogen-bond donors (Lipinski definition) is 3. The molecule has 1 aliphatic rings. The van der Waals surface area contributed by atoms with E-state index in [-0.39, 0.29) is 11.8 Å². The molecule has 0 spiro atoms. The Hall–Kier alpha value is -4.19. The number of nitrogens with zero attached hydrogens (tertiary/aromatic N) is 1. The minimum Gasteiger partial charge on any atom is -0.322 e. The molecule has 2 amide bonds. The van der Waals surface area contributed by atoms with E-state index in [0.29, 0.717) is 22.4 Å². The number of aromatic amines is 1. The molecule has 4 aromatic rings. The van der Waals surface area contributed by atoms with Crippen molar-refractivity contribution in [3.63, 3.8) is 0 Å². The number of para-hydroxylation sites is 1. The summed E-state index contributed by atoms with van der Waals surface area (Å²) in [4.78, 5) is 25.2. The number of carbonyl (C=O) groups excluding carboxylic acids is 2. The van der Waals surface area contributed by atoms with Gasteiger partial charge in [0.15, 0.2) is 0 Å². The van der Waals surface area contributed by atoms with Gasteiger partial charge in [-0.1, -0.05) is 30.3 Å². The van der Waals surface area contributed by atoms with E-state index in [1.807, 2.05) is 54.6 Å². The Labute approximate surface area is 166 Å². The van der Waals surface area contributed by atoms with Gasteiger partial charge in [0.2, 0.25) is 0 Å². The molecule has 1 aromatic heterocycles. The fourth-order valence-corrected chi connectivity index (χ4v) is 3.41. The first-order chi connectivity index (χ1) is 14.2. The summed E-state index contributed by atoms with van der Waals surface area (Å²) in [6, 6.07) is 20.3. The van der Waals surface area contributed by atoms with Gasteiger partial charge in [-0.3, -0.25) is 14.7 Å². The summed E-state index contributed by atoms with van der Waals surface area (Å²) in [5.41, 5.74) is 4.90. The average Bonchev–Trinajstić information content (AvgIpc) is 3.32. The molecule has 0 atom stereocenters. The minimum absolute atomic E-state index is 0.190. The highest BCUT2D eigenvalue weighted by atomic mass is 16.2. The number of hydrogen-bond acceptors (Lipinski definition) is 3. The topological polar surface area (TPSA) is 86.9 Å². The third kappa shape index (κ3) is 3.17. The van der Waals surface area contributed by atoms with Crippen LogP contribution >= 0.6 is 0 Å². The van der Waals surface area contributed by atoms with E-state index in [9.17, 15) is 9.59 Å². The highest BCUT2D eigenvalue weighted by Gasteiger charge is 2.25. The lowest BCUT2D eigenvalue weighted by Crippen LogP contribution is -2.11. The van der Waals surface area contributed by atoms with Crippen molar-refractivity contribution in [2.45, 2.75) is 0 Å². The summed E-state index contributed by atoms with van der Waals surface area (Å²) in [6.45, 7) is 0. The van der Waals surface area contributed by atoms with Crippen molar-refractivity contribution in [2.24, 2.45) is 0 Å². The molecule has 6 nitrogen and oxygen atoms in total. The van der Waals surface area contributed by atoms with Gasteiger partial charge in [-0.15, -0.1) is 0 Å². The predicted molar refractivity (Wildman–Crippen MR) is 113 cm³/mol. The zero-order chi connectivity index (χ0) is 19.8. The third-order valence-electron chi connectivity index (χ3n) is 4.87. The fourth-order valence-electron chi connectivity index (χ4n) is 3.41. The Kier molecular flexibility index (Phi) is 3.95. The van der Waals surface area contributed by atoms with Gasteiger partial charge in [0.1, 0.15) is 0 Å². The maximum absolute atomic E-state index is 12.6. The number of aromatic nitrogens is 2. The molecule has 6 heteroatoms. The second-order valence-electron chi connectivity index (χ2n) is 6.81. The Morgan fingerprint density at radius 3 is 2.72 bits per heavy atom. The van der Waals surface area contributed by atoms with Crippen LogP contribution in [-0.2, 0) is 4.79 Å². The quantitative estimate of drug-likeness (QED) is 0.463. The van der Waals surface area contributed by atoms with Crippen LogP contribution in [0.15, 0.2) is 72.9 Å². The van der Waals surface area contributed by atoms with E-state index in [1.165, 1.54) is 0 Å². The van der Waals surface area contributed by atoms with E-state index < -0.39 is 0 Å². The maximum atomic E-state index is 12.6. The predicted octanol–water partition coefficient (Wildman–Crippen LogP) is 4.31. The SMILES string of the molecule is O=C1Nc2ccc(C(=O)Nc3ccccc3)cc2C1=Cc1ccc2cn[nH]c2c1. The fraction of sp³-hybridized carbons (Fsp3) is 0. The van der Waals surface area contributed by atoms with Gasteiger partial charge >= 0.3 is 0 Å². The maximum Gasteiger partial charge on any atom is 0.256 e. The second kappa shape index (κ2) is 6.76. The van der Waals surface area contributed by atoms with Gasteiger partial charge in [0.25, 0.3) is 11.8 Å². The van der Waals surface area contributed by atoms with Crippen molar-refractivity contribution >= 4 is 45.7 Å². The molecule has 0 saturated heterocycles. The van der Waals surface area contributed by atoms with Crippen LogP contribution in [0.1, 0.15) is 21.5 Å². The first-order valence-electron chi connectivity index (χ1n) is 9.14. The van der Waals surface area contributed by atoms with Gasteiger partial charge in [-0.2, -0.15) is 5.10 Å². The Bertz CT molecular complexity index is 1290. The van der Waals surface area contributed by atoms with Crippen molar-refractivity contribution in [1.82, 2.24) is 10.2 Å². The smallest absolute Gasteiger partial charge is 0.256 e. The molecule has 3 aromatic carbocycles. The van der Waals surface area contributed by atoms with Crippen LogP contribution in [-0.4, -0.2) is 22.0 Å². The van der Waals surface area contributed by atoms with E-state index >= 15 is 0 Å². The number of anilines is 2. The van der Waals surface area contributed by atoms with Gasteiger partial charge in [0, 0.05) is 33.5 Å². The number of fused-ring (bicyclic) bond motifs is 2. The number of amides is 2. The highest BCUT2D eigenvalue weighted by Crippen LogP contribution is 2.34. The molecule has 1 aliphatic heterocycles. The molecule has 0 unspecified atom stereocenters. The molecule has 29 heavy (non-hydrogen) atoms. The van der Waals surface area contributed by atoms with E-state index in [1.54, 1.807) is 24.4 Å². The van der Waals surface area contributed by atoms with Gasteiger partial charge < -0.3 is 10.6 Å². The summed E-state index contributed by atoms with van der Waals surface area (Å²) < 4.78 is 0. The van der Waals surface area contributed by atoms with Crippen molar-refractivity contribution in [2.75, 3.05) is 10.6 Å². The van der Waals surface area contributed by atoms with Crippen molar-refractivity contribution in [3.05, 3.63) is 89.6 Å². The van der Waals surface area contributed by atoms with Gasteiger partial charge in [0.05, 0.1) is 11.7 Å². The summed E-state index contributed by atoms with van der Waals surface area (Å²) in [6.07, 6.45) is 3.57. The molecule has 2 heterocycles. The number of rotatable bonds is 3. The lowest BCUT2D eigenvalue weighted by molar-refractivity contribution is -0.110. The van der Waals surface area contributed by atoms with Crippen molar-refractivity contribution in [3.8, 4) is 0 Å². The lowest BCUT2D eigenvalue weighted by atomic mass is 10.0. The van der Waals surface area contributed by atoms with Crippen LogP contribution in [0.2, 0.25) is 0 Å². The molecule has 0 bridgehead atoms. The van der Waals surface area contributed by atoms with Crippen LogP contribution < -0.4 is 10.6 Å². The first kappa shape index (κ1) is 16.9. The lowest BCUT2D eigenvalue weighted by Gasteiger charge is -2.07. The molecular formula is C23H16N4O2. The van der Waals surface area contributed by atoms with E-state index in [4.69, 9.17) is 0 Å². The molecule has 5 rings (SSSR count). The highest BCUT2D eigenvalue weighted by molar-refractivity contribution is 6.35. The number of H-pyrrole nitrogens is 1. The van der Waals surface area contributed by atoms with E-state index in [2.05, 4.69) is 20.8 Å². The van der Waals surface area contributed by atoms with E-state index in [0.717, 1.165) is 22.2 Å². The minimum atomic E-state index is -0.225. The monoisotopic (exact) mass is 380 g/mol. The van der Waals surface area contributed by atoms with Crippen LogP contribution in [0.5, 0.6) is 0 Å². The summed E-state index contributed by atoms with van der Waals surface area (Å²) in [5, 5.41) is 13.7. The molecule has 0 aliphatic carbocycles. The normalized spacial score (nSPS) is 14.1. The summed E-state index contributed by atoms with van der Waals surface area (Å²) in [7, 11) is 0. The van der Waals surface area contributed by atoms with Crippen molar-refractivity contribution in [1.29, 1.82) is 0 Å². The van der Waals surface area contributed by atoms with Crippen LogP contribution in [0, 0.1) is 0 Å². The Balaban J connectivity index is 1.50. The van der Waals surface area contributed by atoms with Crippen LogP contribution in [0.4, 0.5) is 11.4 Å². The summed E-state index contributed by atoms with van der Waals surface area (Å²) >= 11 is 0. The Morgan fingerprint density at radius 1 is 1.00 bits per heavy atom. The zero-order valence-electron chi connectivity index (χ0n) is 15.3. The van der Waals surface area contributed by atoms with Crippen LogP contribution in [0.25, 0.3) is 22.6 Å². The molecule has 3 N–H and O–H groups in total. The zero-order valence-corrected chi connectivity index (χ0v) is 15.3. The molecule has 140 valence electrons. The molecule has 0 saturated carbocycles. The van der Waals surface area contributed by atoms with Gasteiger partial charge in [-0.05, 0) is 48.0 Å². The number of carbonyl (C=O) groups is 2. The molecule has 0 fully saturated rings. The largest absolute Gasteiger partial charge is 0.322 e. The first-order valence-corrected chi connectivity index (χ1v) is 9.14. The summed E-state index contributed by atoms with van der Waals surface area (Å²) in [5.74, 6) is -0.415. The van der Waals surface area contributed by atoms with Crippen molar-refractivity contribution < 1.29 is 9.59 Å². The standard InChI is InChI=1S/C23H16N4O2/c28-22(25-17-4-2-1-3-5-17)15-8-9-20-18(12-15)19(23(29)26-20)10-14-6-7-16-13-24-27-21(16)11-14/h1-13H,(H,24,27)(H,25,28)(H,26,29). The number of benzene rings is 3. The molecular weight excluding hydrogens is 364 g/mol. The van der Waals surface area contributed by atoms with Crippen LogP contribution in [0.3, 0.4) is 0 Å².